The van der Waals surface area contributed by atoms with Crippen molar-refractivity contribution in [3.63, 3.8) is 0 Å². The first-order chi connectivity index (χ1) is 8.31. The van der Waals surface area contributed by atoms with Gasteiger partial charge in [0.25, 0.3) is 0 Å². The van der Waals surface area contributed by atoms with Gasteiger partial charge in [0.1, 0.15) is 0 Å². The van der Waals surface area contributed by atoms with Gasteiger partial charge in [0.15, 0.2) is 0 Å². The molecule has 1 aromatic rings. The number of likely N-dealkylation sites (tertiary alicyclic amines) is 1. The molecule has 1 aliphatic rings. The van der Waals surface area contributed by atoms with Crippen molar-refractivity contribution in [1.82, 2.24) is 14.7 Å². The molecule has 0 aliphatic carbocycles. The standard InChI is InChI=1S/C12H22N4O/c13-6-11-2-1-3-15(8-11)9-12-7-14-16(10-12)4-5-17/h7,10-11,17H,1-6,8-9,13H2. The summed E-state index contributed by atoms with van der Waals surface area (Å²) in [6.07, 6.45) is 6.41. The summed E-state index contributed by atoms with van der Waals surface area (Å²) in [5, 5.41) is 13.0. The molecule has 0 aromatic carbocycles. The number of aliphatic hydroxyl groups excluding tert-OH is 1. The second-order valence-corrected chi connectivity index (χ2v) is 4.81. The van der Waals surface area contributed by atoms with Crippen LogP contribution in [0.25, 0.3) is 0 Å². The third kappa shape index (κ3) is 3.52. The molecule has 1 fully saturated rings. The maximum absolute atomic E-state index is 8.83. The number of aromatic nitrogens is 2. The van der Waals surface area contributed by atoms with Crippen molar-refractivity contribution in [3.8, 4) is 0 Å². The fourth-order valence-electron chi connectivity index (χ4n) is 2.46. The highest BCUT2D eigenvalue weighted by molar-refractivity contribution is 5.04. The van der Waals surface area contributed by atoms with Gasteiger partial charge in [-0.2, -0.15) is 5.10 Å². The zero-order chi connectivity index (χ0) is 12.1. The van der Waals surface area contributed by atoms with E-state index in [-0.39, 0.29) is 6.61 Å². The van der Waals surface area contributed by atoms with Crippen molar-refractivity contribution in [2.75, 3.05) is 26.2 Å². The second kappa shape index (κ2) is 6.14. The maximum atomic E-state index is 8.83. The molecule has 0 bridgehead atoms. The van der Waals surface area contributed by atoms with Crippen molar-refractivity contribution in [2.45, 2.75) is 25.9 Å². The average Bonchev–Trinajstić information content (AvgIpc) is 2.77. The van der Waals surface area contributed by atoms with Gasteiger partial charge >= 0.3 is 0 Å². The minimum absolute atomic E-state index is 0.139. The molecule has 1 aliphatic heterocycles. The van der Waals surface area contributed by atoms with Gasteiger partial charge in [-0.15, -0.1) is 0 Å². The Balaban J connectivity index is 1.86. The number of hydrogen-bond acceptors (Lipinski definition) is 4. The Morgan fingerprint density at radius 3 is 3.18 bits per heavy atom. The van der Waals surface area contributed by atoms with Gasteiger partial charge in [0.2, 0.25) is 0 Å². The van der Waals surface area contributed by atoms with Crippen LogP contribution in [0.2, 0.25) is 0 Å². The first-order valence-corrected chi connectivity index (χ1v) is 6.36. The Bertz CT molecular complexity index is 339. The van der Waals surface area contributed by atoms with Crippen LogP contribution in [0.15, 0.2) is 12.4 Å². The Hall–Kier alpha value is -0.910. The number of rotatable bonds is 5. The second-order valence-electron chi connectivity index (χ2n) is 4.81. The van der Waals surface area contributed by atoms with E-state index >= 15 is 0 Å². The number of aliphatic hydroxyl groups is 1. The van der Waals surface area contributed by atoms with E-state index in [1.54, 1.807) is 4.68 Å². The lowest BCUT2D eigenvalue weighted by molar-refractivity contribution is 0.171. The molecule has 3 N–H and O–H groups in total. The molecule has 2 heterocycles. The summed E-state index contributed by atoms with van der Waals surface area (Å²) < 4.78 is 1.79. The molecule has 0 spiro atoms. The molecule has 0 radical (unpaired) electrons. The van der Waals surface area contributed by atoms with Crippen LogP contribution in [-0.2, 0) is 13.1 Å². The van der Waals surface area contributed by atoms with Crippen LogP contribution in [0, 0.1) is 5.92 Å². The van der Waals surface area contributed by atoms with Crippen molar-refractivity contribution in [2.24, 2.45) is 11.7 Å². The summed E-state index contributed by atoms with van der Waals surface area (Å²) in [6.45, 7) is 4.71. The van der Waals surface area contributed by atoms with Crippen LogP contribution in [0.3, 0.4) is 0 Å². The third-order valence-electron chi connectivity index (χ3n) is 3.36. The molecule has 1 saturated heterocycles. The van der Waals surface area contributed by atoms with E-state index in [4.69, 9.17) is 10.8 Å². The van der Waals surface area contributed by atoms with Gasteiger partial charge in [0, 0.05) is 24.8 Å². The Morgan fingerprint density at radius 1 is 1.53 bits per heavy atom. The molecule has 1 unspecified atom stereocenters. The summed E-state index contributed by atoms with van der Waals surface area (Å²) in [7, 11) is 0. The van der Waals surface area contributed by atoms with Crippen LogP contribution in [0.1, 0.15) is 18.4 Å². The van der Waals surface area contributed by atoms with Crippen molar-refractivity contribution in [1.29, 1.82) is 0 Å². The van der Waals surface area contributed by atoms with E-state index in [0.717, 1.165) is 26.2 Å². The molecule has 0 saturated carbocycles. The maximum Gasteiger partial charge on any atom is 0.0640 e. The topological polar surface area (TPSA) is 67.3 Å². The predicted octanol–water partition coefficient (Wildman–Crippen LogP) is 0.0461. The lowest BCUT2D eigenvalue weighted by atomic mass is 9.98. The molecular weight excluding hydrogens is 216 g/mol. The van der Waals surface area contributed by atoms with Gasteiger partial charge in [-0.05, 0) is 31.8 Å². The Morgan fingerprint density at radius 2 is 2.41 bits per heavy atom. The van der Waals surface area contributed by atoms with Gasteiger partial charge in [-0.3, -0.25) is 9.58 Å². The minimum Gasteiger partial charge on any atom is -0.394 e. The number of nitrogens with two attached hydrogens (primary N) is 1. The summed E-state index contributed by atoms with van der Waals surface area (Å²) in [5.74, 6) is 0.649. The van der Waals surface area contributed by atoms with Crippen LogP contribution >= 0.6 is 0 Å². The van der Waals surface area contributed by atoms with Crippen LogP contribution in [0.4, 0.5) is 0 Å². The number of piperidine rings is 1. The van der Waals surface area contributed by atoms with Crippen LogP contribution < -0.4 is 5.73 Å². The quantitative estimate of drug-likeness (QED) is 0.760. The normalized spacial score (nSPS) is 21.9. The third-order valence-corrected chi connectivity index (χ3v) is 3.36. The highest BCUT2D eigenvalue weighted by atomic mass is 16.3. The predicted molar refractivity (Wildman–Crippen MR) is 66.4 cm³/mol. The van der Waals surface area contributed by atoms with E-state index in [9.17, 15) is 0 Å². The van der Waals surface area contributed by atoms with Crippen molar-refractivity contribution < 1.29 is 5.11 Å². The molecule has 5 heteroatoms. The molecular formula is C12H22N4O. The summed E-state index contributed by atoms with van der Waals surface area (Å²) in [6, 6.07) is 0. The van der Waals surface area contributed by atoms with Crippen LogP contribution in [-0.4, -0.2) is 46.0 Å². The molecule has 2 rings (SSSR count). The fourth-order valence-corrected chi connectivity index (χ4v) is 2.46. The fraction of sp³-hybridized carbons (Fsp3) is 0.750. The molecule has 0 amide bonds. The first-order valence-electron chi connectivity index (χ1n) is 6.36. The SMILES string of the molecule is NCC1CCCN(Cc2cnn(CCO)c2)C1. The monoisotopic (exact) mass is 238 g/mol. The lowest BCUT2D eigenvalue weighted by Crippen LogP contribution is -2.37. The van der Waals surface area contributed by atoms with E-state index < -0.39 is 0 Å². The molecule has 17 heavy (non-hydrogen) atoms. The lowest BCUT2D eigenvalue weighted by Gasteiger charge is -2.31. The highest BCUT2D eigenvalue weighted by Gasteiger charge is 2.18. The van der Waals surface area contributed by atoms with Gasteiger partial charge in [-0.25, -0.2) is 0 Å². The van der Waals surface area contributed by atoms with Gasteiger partial charge in [0.05, 0.1) is 19.3 Å². The Kier molecular flexibility index (Phi) is 4.53. The molecule has 96 valence electrons. The molecule has 1 atom stereocenters. The smallest absolute Gasteiger partial charge is 0.0640 e. The summed E-state index contributed by atoms with van der Waals surface area (Å²) in [5.41, 5.74) is 6.95. The average molecular weight is 238 g/mol. The number of nitrogens with zero attached hydrogens (tertiary/aromatic N) is 3. The summed E-state index contributed by atoms with van der Waals surface area (Å²) in [4.78, 5) is 2.45. The molecule has 5 nitrogen and oxygen atoms in total. The minimum atomic E-state index is 0.139. The Labute approximate surface area is 102 Å². The summed E-state index contributed by atoms with van der Waals surface area (Å²) >= 11 is 0. The van der Waals surface area contributed by atoms with E-state index in [0.29, 0.717) is 12.5 Å². The largest absolute Gasteiger partial charge is 0.394 e. The van der Waals surface area contributed by atoms with E-state index in [1.165, 1.54) is 18.4 Å². The van der Waals surface area contributed by atoms with E-state index in [1.807, 2.05) is 12.4 Å². The first kappa shape index (κ1) is 12.5. The zero-order valence-electron chi connectivity index (χ0n) is 10.3. The van der Waals surface area contributed by atoms with E-state index in [2.05, 4.69) is 10.00 Å². The highest BCUT2D eigenvalue weighted by Crippen LogP contribution is 2.17. The van der Waals surface area contributed by atoms with Gasteiger partial charge < -0.3 is 10.8 Å². The zero-order valence-corrected chi connectivity index (χ0v) is 10.3. The molecule has 1 aromatic heterocycles. The van der Waals surface area contributed by atoms with Crippen molar-refractivity contribution in [3.05, 3.63) is 18.0 Å². The van der Waals surface area contributed by atoms with Gasteiger partial charge in [-0.1, -0.05) is 0 Å². The van der Waals surface area contributed by atoms with Crippen molar-refractivity contribution >= 4 is 0 Å². The number of hydrogen-bond donors (Lipinski definition) is 2. The van der Waals surface area contributed by atoms with Crippen LogP contribution in [0.5, 0.6) is 0 Å².